The van der Waals surface area contributed by atoms with Crippen LogP contribution in [0.2, 0.25) is 0 Å². The van der Waals surface area contributed by atoms with Crippen molar-refractivity contribution in [2.45, 2.75) is 83.5 Å². The van der Waals surface area contributed by atoms with Gasteiger partial charge < -0.3 is 18.9 Å². The van der Waals surface area contributed by atoms with Gasteiger partial charge in [0.05, 0.1) is 37.6 Å². The summed E-state index contributed by atoms with van der Waals surface area (Å²) in [6.07, 6.45) is 12.5. The van der Waals surface area contributed by atoms with Crippen molar-refractivity contribution >= 4 is 11.9 Å². The van der Waals surface area contributed by atoms with Crippen molar-refractivity contribution in [3.63, 3.8) is 0 Å². The predicted molar refractivity (Wildman–Crippen MR) is 168 cm³/mol. The molecule has 6 heteroatoms. The first-order chi connectivity index (χ1) is 20.8. The maximum absolute atomic E-state index is 13.1. The van der Waals surface area contributed by atoms with Crippen molar-refractivity contribution in [2.75, 3.05) is 13.2 Å². The van der Waals surface area contributed by atoms with Crippen LogP contribution in [0.15, 0.2) is 62.1 Å². The normalized spacial score (nSPS) is 23.8. The SMILES string of the molecule is C=COCCC1CCC(C(=O)Oc2ccc3c(c2)C(C)(C)c2cc(OC(=O)C4CCC(CCOC=C)CC4)ccc2-3)CC1. The third-order valence-corrected chi connectivity index (χ3v) is 9.94. The van der Waals surface area contributed by atoms with Crippen LogP contribution in [-0.4, -0.2) is 25.2 Å². The summed E-state index contributed by atoms with van der Waals surface area (Å²) in [6.45, 7) is 12.9. The molecule has 3 aliphatic rings. The highest BCUT2D eigenvalue weighted by molar-refractivity contribution is 5.83. The third kappa shape index (κ3) is 7.17. The van der Waals surface area contributed by atoms with E-state index in [2.05, 4.69) is 27.0 Å². The molecular weight excluding hydrogens is 540 g/mol. The Morgan fingerprint density at radius 3 is 1.47 bits per heavy atom. The molecule has 2 fully saturated rings. The zero-order valence-corrected chi connectivity index (χ0v) is 25.8. The molecule has 43 heavy (non-hydrogen) atoms. The molecule has 0 aliphatic heterocycles. The van der Waals surface area contributed by atoms with Gasteiger partial charge in [-0.1, -0.05) is 39.1 Å². The molecule has 230 valence electrons. The van der Waals surface area contributed by atoms with Gasteiger partial charge in [-0.05, 0) is 123 Å². The third-order valence-electron chi connectivity index (χ3n) is 9.94. The van der Waals surface area contributed by atoms with Gasteiger partial charge in [0.1, 0.15) is 11.5 Å². The summed E-state index contributed by atoms with van der Waals surface area (Å²) in [5.74, 6) is 1.96. The zero-order valence-electron chi connectivity index (χ0n) is 25.8. The minimum atomic E-state index is -0.327. The minimum Gasteiger partial charge on any atom is -0.502 e. The first-order valence-electron chi connectivity index (χ1n) is 16.0. The minimum absolute atomic E-state index is 0.0615. The molecule has 0 spiro atoms. The number of carbonyl (C=O) groups excluding carboxylic acids is 2. The number of fused-ring (bicyclic) bond motifs is 3. The fourth-order valence-electron chi connectivity index (χ4n) is 7.23. The van der Waals surface area contributed by atoms with Crippen LogP contribution in [0.25, 0.3) is 11.1 Å². The average molecular weight is 587 g/mol. The van der Waals surface area contributed by atoms with Crippen LogP contribution >= 0.6 is 0 Å². The van der Waals surface area contributed by atoms with Crippen molar-refractivity contribution in [1.29, 1.82) is 0 Å². The van der Waals surface area contributed by atoms with Crippen molar-refractivity contribution < 1.29 is 28.5 Å². The first kappa shape index (κ1) is 30.9. The van der Waals surface area contributed by atoms with Gasteiger partial charge >= 0.3 is 11.9 Å². The van der Waals surface area contributed by atoms with Gasteiger partial charge in [0.25, 0.3) is 0 Å². The van der Waals surface area contributed by atoms with E-state index in [9.17, 15) is 9.59 Å². The number of ether oxygens (including phenoxy) is 4. The predicted octanol–water partition coefficient (Wildman–Crippen LogP) is 8.52. The van der Waals surface area contributed by atoms with E-state index in [1.165, 1.54) is 12.5 Å². The summed E-state index contributed by atoms with van der Waals surface area (Å²) in [5, 5.41) is 0. The van der Waals surface area contributed by atoms with Crippen LogP contribution in [0.3, 0.4) is 0 Å². The maximum atomic E-state index is 13.1. The van der Waals surface area contributed by atoms with E-state index in [0.717, 1.165) is 86.5 Å². The van der Waals surface area contributed by atoms with Crippen LogP contribution in [0.4, 0.5) is 0 Å². The van der Waals surface area contributed by atoms with Crippen LogP contribution in [0.5, 0.6) is 11.5 Å². The van der Waals surface area contributed by atoms with Gasteiger partial charge in [0.2, 0.25) is 0 Å². The van der Waals surface area contributed by atoms with Crippen LogP contribution in [0.1, 0.15) is 89.2 Å². The molecule has 3 aliphatic carbocycles. The van der Waals surface area contributed by atoms with Crippen molar-refractivity contribution in [2.24, 2.45) is 23.7 Å². The van der Waals surface area contributed by atoms with Gasteiger partial charge in [-0.3, -0.25) is 9.59 Å². The first-order valence-corrected chi connectivity index (χ1v) is 16.0. The van der Waals surface area contributed by atoms with E-state index in [0.29, 0.717) is 36.5 Å². The molecular formula is C37H46O6. The molecule has 0 heterocycles. The summed E-state index contributed by atoms with van der Waals surface area (Å²) < 4.78 is 22.4. The molecule has 0 unspecified atom stereocenters. The van der Waals surface area contributed by atoms with Crippen LogP contribution in [-0.2, 0) is 24.5 Å². The lowest BCUT2D eigenvalue weighted by molar-refractivity contribution is -0.141. The number of esters is 2. The second-order valence-electron chi connectivity index (χ2n) is 13.0. The van der Waals surface area contributed by atoms with E-state index in [4.69, 9.17) is 18.9 Å². The highest BCUT2D eigenvalue weighted by Gasteiger charge is 2.37. The van der Waals surface area contributed by atoms with Gasteiger partial charge in [0, 0.05) is 5.41 Å². The molecule has 6 nitrogen and oxygen atoms in total. The average Bonchev–Trinajstić information content (AvgIpc) is 3.23. The van der Waals surface area contributed by atoms with Crippen LogP contribution in [0, 0.1) is 23.7 Å². The van der Waals surface area contributed by atoms with E-state index in [-0.39, 0.29) is 29.2 Å². The van der Waals surface area contributed by atoms with E-state index in [1.807, 2.05) is 36.4 Å². The highest BCUT2D eigenvalue weighted by Crippen LogP contribution is 2.50. The lowest BCUT2D eigenvalue weighted by Crippen LogP contribution is -2.26. The highest BCUT2D eigenvalue weighted by atomic mass is 16.5. The number of hydrogen-bond acceptors (Lipinski definition) is 6. The molecule has 0 aromatic heterocycles. The molecule has 0 amide bonds. The standard InChI is InChI=1S/C37H46O6/c1-5-40-21-19-25-7-11-27(12-8-25)35(38)42-29-15-17-31-32-18-16-30(24-34(32)37(3,4)33(31)23-29)43-36(39)28-13-9-26(10-14-28)20-22-41-6-2/h5-6,15-18,23-28H,1-2,7-14,19-22H2,3-4H3. The lowest BCUT2D eigenvalue weighted by atomic mass is 9.80. The number of hydrogen-bond donors (Lipinski definition) is 0. The molecule has 0 N–H and O–H groups in total. The monoisotopic (exact) mass is 586 g/mol. The fraction of sp³-hybridized carbons (Fsp3) is 0.514. The largest absolute Gasteiger partial charge is 0.502 e. The Balaban J connectivity index is 1.18. The van der Waals surface area contributed by atoms with Gasteiger partial charge in [0.15, 0.2) is 0 Å². The van der Waals surface area contributed by atoms with E-state index < -0.39 is 0 Å². The second kappa shape index (κ2) is 13.8. The van der Waals surface area contributed by atoms with Crippen molar-refractivity contribution in [3.05, 3.63) is 73.2 Å². The summed E-state index contributed by atoms with van der Waals surface area (Å²) in [7, 11) is 0. The molecule has 2 saturated carbocycles. The molecule has 2 aromatic carbocycles. The van der Waals surface area contributed by atoms with Crippen molar-refractivity contribution in [1.82, 2.24) is 0 Å². The van der Waals surface area contributed by atoms with Crippen LogP contribution < -0.4 is 9.47 Å². The Kier molecular flexibility index (Phi) is 9.94. The van der Waals surface area contributed by atoms with Gasteiger partial charge in [-0.15, -0.1) is 0 Å². The Morgan fingerprint density at radius 2 is 1.09 bits per heavy atom. The number of carbonyl (C=O) groups is 2. The number of benzene rings is 2. The molecule has 2 aromatic rings. The molecule has 0 atom stereocenters. The summed E-state index contributed by atoms with van der Waals surface area (Å²) >= 11 is 0. The Hall–Kier alpha value is -3.54. The maximum Gasteiger partial charge on any atom is 0.314 e. The Bertz CT molecular complexity index is 1210. The number of rotatable bonds is 12. The Labute approximate surface area is 256 Å². The quantitative estimate of drug-likeness (QED) is 0.107. The van der Waals surface area contributed by atoms with Gasteiger partial charge in [-0.2, -0.15) is 0 Å². The molecule has 0 bridgehead atoms. The summed E-state index contributed by atoms with van der Waals surface area (Å²) in [5.41, 5.74) is 4.14. The summed E-state index contributed by atoms with van der Waals surface area (Å²) in [4.78, 5) is 26.1. The van der Waals surface area contributed by atoms with E-state index >= 15 is 0 Å². The fourth-order valence-corrected chi connectivity index (χ4v) is 7.23. The zero-order chi connectivity index (χ0) is 30.4. The Morgan fingerprint density at radius 1 is 0.698 bits per heavy atom. The smallest absolute Gasteiger partial charge is 0.314 e. The molecule has 5 rings (SSSR count). The summed E-state index contributed by atoms with van der Waals surface area (Å²) in [6, 6.07) is 11.9. The van der Waals surface area contributed by atoms with E-state index in [1.54, 1.807) is 0 Å². The van der Waals surface area contributed by atoms with Crippen molar-refractivity contribution in [3.8, 4) is 22.6 Å². The topological polar surface area (TPSA) is 71.1 Å². The molecule has 0 saturated heterocycles. The molecule has 0 radical (unpaired) electrons. The lowest BCUT2D eigenvalue weighted by Gasteiger charge is -2.27. The second-order valence-corrected chi connectivity index (χ2v) is 13.0. The van der Waals surface area contributed by atoms with Gasteiger partial charge in [-0.25, -0.2) is 0 Å².